The number of nitrogens with zero attached hydrogens (tertiary/aromatic N) is 4. The molecule has 0 aliphatic carbocycles. The van der Waals surface area contributed by atoms with E-state index in [1.165, 1.54) is 6.20 Å². The summed E-state index contributed by atoms with van der Waals surface area (Å²) >= 11 is 0. The average Bonchev–Trinajstić information content (AvgIpc) is 2.89. The van der Waals surface area contributed by atoms with Crippen LogP contribution in [0.1, 0.15) is 16.1 Å². The molecule has 0 aromatic carbocycles. The summed E-state index contributed by atoms with van der Waals surface area (Å²) in [5.41, 5.74) is 1.38. The Kier molecular flexibility index (Phi) is 2.95. The van der Waals surface area contributed by atoms with E-state index in [1.807, 2.05) is 13.2 Å². The van der Waals surface area contributed by atoms with Gasteiger partial charge >= 0.3 is 0 Å². The second kappa shape index (κ2) is 4.56. The molecular formula is C9H12N6O. The minimum Gasteiger partial charge on any atom is -0.350 e. The van der Waals surface area contributed by atoms with Gasteiger partial charge in [0.25, 0.3) is 5.91 Å². The lowest BCUT2D eigenvalue weighted by Gasteiger charge is -2.00. The number of amides is 1. The van der Waals surface area contributed by atoms with Crippen molar-refractivity contribution in [3.8, 4) is 0 Å². The van der Waals surface area contributed by atoms with Crippen molar-refractivity contribution in [3.05, 3.63) is 29.8 Å². The molecule has 0 aliphatic rings. The van der Waals surface area contributed by atoms with Crippen molar-refractivity contribution >= 4 is 5.91 Å². The zero-order chi connectivity index (χ0) is 11.4. The molecule has 7 nitrogen and oxygen atoms in total. The second-order valence-corrected chi connectivity index (χ2v) is 3.38. The lowest BCUT2D eigenvalue weighted by Crippen LogP contribution is -2.25. The third-order valence-corrected chi connectivity index (χ3v) is 2.11. The second-order valence-electron chi connectivity index (χ2n) is 3.38. The van der Waals surface area contributed by atoms with Gasteiger partial charge in [-0.25, -0.2) is 0 Å². The Balaban J connectivity index is 1.78. The van der Waals surface area contributed by atoms with E-state index >= 15 is 0 Å². The summed E-state index contributed by atoms with van der Waals surface area (Å²) in [6.45, 7) is 0.553. The van der Waals surface area contributed by atoms with Crippen molar-refractivity contribution in [2.75, 3.05) is 6.54 Å². The van der Waals surface area contributed by atoms with Crippen LogP contribution in [-0.4, -0.2) is 37.6 Å². The topological polar surface area (TPSA) is 88.5 Å². The van der Waals surface area contributed by atoms with Crippen LogP contribution in [0.4, 0.5) is 0 Å². The first-order valence-electron chi connectivity index (χ1n) is 4.87. The van der Waals surface area contributed by atoms with Crippen molar-refractivity contribution in [3.63, 3.8) is 0 Å². The van der Waals surface area contributed by atoms with E-state index in [1.54, 1.807) is 10.9 Å². The van der Waals surface area contributed by atoms with Gasteiger partial charge in [0.15, 0.2) is 5.69 Å². The van der Waals surface area contributed by atoms with E-state index in [4.69, 9.17) is 0 Å². The molecule has 2 heterocycles. The van der Waals surface area contributed by atoms with E-state index < -0.39 is 0 Å². The van der Waals surface area contributed by atoms with Crippen LogP contribution in [0.5, 0.6) is 0 Å². The Morgan fingerprint density at radius 2 is 2.44 bits per heavy atom. The Labute approximate surface area is 91.9 Å². The number of nitrogens with one attached hydrogen (secondary N) is 2. The Hall–Kier alpha value is -2.18. The fourth-order valence-corrected chi connectivity index (χ4v) is 1.32. The predicted octanol–water partition coefficient (Wildman–Crippen LogP) is -0.489. The fraction of sp³-hybridized carbons (Fsp3) is 0.333. The number of hydrogen-bond acceptors (Lipinski definition) is 4. The molecule has 2 N–H and O–H groups in total. The molecule has 0 aliphatic heterocycles. The molecule has 0 saturated carbocycles. The zero-order valence-electron chi connectivity index (χ0n) is 8.84. The lowest BCUT2D eigenvalue weighted by atomic mass is 10.2. The van der Waals surface area contributed by atoms with E-state index in [0.717, 1.165) is 12.0 Å². The van der Waals surface area contributed by atoms with Gasteiger partial charge in [-0.1, -0.05) is 0 Å². The third kappa shape index (κ3) is 2.44. The molecule has 0 unspecified atom stereocenters. The van der Waals surface area contributed by atoms with Gasteiger partial charge in [0.2, 0.25) is 0 Å². The molecule has 7 heteroatoms. The highest BCUT2D eigenvalue weighted by Crippen LogP contribution is 1.96. The Bertz CT molecular complexity index is 460. The number of rotatable bonds is 4. The van der Waals surface area contributed by atoms with Gasteiger partial charge in [0, 0.05) is 19.8 Å². The van der Waals surface area contributed by atoms with Gasteiger partial charge in [-0.15, -0.1) is 0 Å². The smallest absolute Gasteiger partial charge is 0.273 e. The maximum absolute atomic E-state index is 11.4. The van der Waals surface area contributed by atoms with Crippen molar-refractivity contribution in [2.24, 2.45) is 7.05 Å². The highest BCUT2D eigenvalue weighted by atomic mass is 16.1. The van der Waals surface area contributed by atoms with E-state index in [2.05, 4.69) is 25.8 Å². The van der Waals surface area contributed by atoms with Gasteiger partial charge < -0.3 is 5.32 Å². The minimum atomic E-state index is -0.224. The molecule has 84 valence electrons. The van der Waals surface area contributed by atoms with Crippen molar-refractivity contribution < 1.29 is 4.79 Å². The van der Waals surface area contributed by atoms with Crippen LogP contribution in [0.3, 0.4) is 0 Å². The first-order valence-corrected chi connectivity index (χ1v) is 4.87. The molecule has 0 saturated heterocycles. The molecule has 0 radical (unpaired) electrons. The minimum absolute atomic E-state index is 0.224. The van der Waals surface area contributed by atoms with Crippen LogP contribution in [0.2, 0.25) is 0 Å². The number of aryl methyl sites for hydroxylation is 1. The summed E-state index contributed by atoms with van der Waals surface area (Å²) in [6.07, 6.45) is 5.83. The Morgan fingerprint density at radius 1 is 1.56 bits per heavy atom. The normalized spacial score (nSPS) is 10.3. The maximum Gasteiger partial charge on any atom is 0.273 e. The molecule has 2 aromatic heterocycles. The molecule has 2 aromatic rings. The third-order valence-electron chi connectivity index (χ3n) is 2.11. The van der Waals surface area contributed by atoms with Crippen LogP contribution in [-0.2, 0) is 13.5 Å². The number of aromatic amines is 1. The number of carbonyl (C=O) groups excluding carboxylic acids is 1. The summed E-state index contributed by atoms with van der Waals surface area (Å²) < 4.78 is 1.73. The lowest BCUT2D eigenvalue weighted by molar-refractivity contribution is 0.0949. The average molecular weight is 220 g/mol. The molecule has 0 spiro atoms. The van der Waals surface area contributed by atoms with Crippen LogP contribution < -0.4 is 5.32 Å². The van der Waals surface area contributed by atoms with Crippen molar-refractivity contribution in [2.45, 2.75) is 6.42 Å². The summed E-state index contributed by atoms with van der Waals surface area (Å²) in [5.74, 6) is -0.224. The van der Waals surface area contributed by atoms with Gasteiger partial charge in [-0.05, 0) is 12.0 Å². The summed E-state index contributed by atoms with van der Waals surface area (Å²) in [6, 6.07) is 0. The molecule has 1 amide bonds. The number of carbonyl (C=O) groups is 1. The first-order chi connectivity index (χ1) is 7.75. The summed E-state index contributed by atoms with van der Waals surface area (Å²) in [4.78, 5) is 11.4. The number of hydrogen-bond donors (Lipinski definition) is 2. The number of H-pyrrole nitrogens is 1. The first kappa shape index (κ1) is 10.3. The molecular weight excluding hydrogens is 208 g/mol. The van der Waals surface area contributed by atoms with Crippen molar-refractivity contribution in [1.82, 2.24) is 30.5 Å². The predicted molar refractivity (Wildman–Crippen MR) is 55.6 cm³/mol. The van der Waals surface area contributed by atoms with Gasteiger partial charge in [0.05, 0.1) is 12.4 Å². The quantitative estimate of drug-likeness (QED) is 0.727. The SMILES string of the molecule is Cn1cc(CCNC(=O)c2cn[nH]n2)cn1. The molecule has 0 bridgehead atoms. The van der Waals surface area contributed by atoms with Crippen LogP contribution in [0, 0.1) is 0 Å². The number of aromatic nitrogens is 5. The van der Waals surface area contributed by atoms with Gasteiger partial charge in [-0.2, -0.15) is 20.5 Å². The van der Waals surface area contributed by atoms with Crippen LogP contribution >= 0.6 is 0 Å². The van der Waals surface area contributed by atoms with E-state index in [0.29, 0.717) is 12.2 Å². The van der Waals surface area contributed by atoms with Crippen LogP contribution in [0.15, 0.2) is 18.6 Å². The molecule has 16 heavy (non-hydrogen) atoms. The van der Waals surface area contributed by atoms with Crippen molar-refractivity contribution in [1.29, 1.82) is 0 Å². The monoisotopic (exact) mass is 220 g/mol. The summed E-state index contributed by atoms with van der Waals surface area (Å²) in [7, 11) is 1.86. The van der Waals surface area contributed by atoms with Gasteiger partial charge in [-0.3, -0.25) is 9.48 Å². The Morgan fingerprint density at radius 3 is 3.06 bits per heavy atom. The van der Waals surface area contributed by atoms with Gasteiger partial charge in [0.1, 0.15) is 0 Å². The van der Waals surface area contributed by atoms with E-state index in [-0.39, 0.29) is 5.91 Å². The highest BCUT2D eigenvalue weighted by Gasteiger charge is 2.07. The molecule has 0 atom stereocenters. The largest absolute Gasteiger partial charge is 0.350 e. The zero-order valence-corrected chi connectivity index (χ0v) is 8.84. The maximum atomic E-state index is 11.4. The fourth-order valence-electron chi connectivity index (χ4n) is 1.32. The molecule has 0 fully saturated rings. The van der Waals surface area contributed by atoms with Crippen LogP contribution in [0.25, 0.3) is 0 Å². The summed E-state index contributed by atoms with van der Waals surface area (Å²) in [5, 5.41) is 16.4. The highest BCUT2D eigenvalue weighted by molar-refractivity contribution is 5.91. The van der Waals surface area contributed by atoms with E-state index in [9.17, 15) is 4.79 Å². The molecule has 2 rings (SSSR count). The standard InChI is InChI=1S/C9H12N6O/c1-15-6-7(4-12-15)2-3-10-9(16)8-5-11-14-13-8/h4-6H,2-3H2,1H3,(H,10,16)(H,11,13,14).